The molecule has 21 heavy (non-hydrogen) atoms. The normalized spacial score (nSPS) is 28.4. The number of aromatic nitrogens is 1. The van der Waals surface area contributed by atoms with E-state index in [1.165, 1.54) is 25.7 Å². The van der Waals surface area contributed by atoms with Crippen LogP contribution in [0, 0.1) is 17.8 Å². The van der Waals surface area contributed by atoms with E-state index in [1.54, 1.807) is 18.3 Å². The maximum Gasteiger partial charge on any atom is 0.258 e. The number of nitrogens with one attached hydrogen (secondary N) is 1. The Labute approximate surface area is 133 Å². The molecule has 2 saturated carbocycles. The van der Waals surface area contributed by atoms with Crippen molar-refractivity contribution in [2.75, 3.05) is 6.61 Å². The molecule has 4 atom stereocenters. The highest BCUT2D eigenvalue weighted by atomic mass is 79.9. The minimum atomic E-state index is -0.0546. The smallest absolute Gasteiger partial charge is 0.258 e. The van der Waals surface area contributed by atoms with E-state index in [1.807, 2.05) is 0 Å². The number of hydrogen-bond donors (Lipinski definition) is 1. The molecule has 1 N–H and O–H groups in total. The van der Waals surface area contributed by atoms with E-state index < -0.39 is 0 Å². The summed E-state index contributed by atoms with van der Waals surface area (Å²) in [5, 5.41) is 3.10. The second-order valence-corrected chi connectivity index (χ2v) is 7.03. The number of ether oxygens (including phenoxy) is 1. The van der Waals surface area contributed by atoms with Crippen LogP contribution in [0.3, 0.4) is 0 Å². The maximum absolute atomic E-state index is 12.0. The molecule has 2 aliphatic rings. The molecule has 3 rings (SSSR count). The predicted octanol–water partition coefficient (Wildman–Crippen LogP) is 3.16. The van der Waals surface area contributed by atoms with Gasteiger partial charge in [-0.3, -0.25) is 4.79 Å². The highest BCUT2D eigenvalue weighted by Crippen LogP contribution is 2.49. The van der Waals surface area contributed by atoms with E-state index in [-0.39, 0.29) is 18.6 Å². The predicted molar refractivity (Wildman–Crippen MR) is 84.0 cm³/mol. The molecular weight excluding hydrogens is 332 g/mol. The summed E-state index contributed by atoms with van der Waals surface area (Å²) in [6.07, 6.45) is 7.05. The maximum atomic E-state index is 12.0. The van der Waals surface area contributed by atoms with E-state index in [0.717, 1.165) is 11.8 Å². The molecule has 0 unspecified atom stereocenters. The topological polar surface area (TPSA) is 51.2 Å². The fourth-order valence-corrected chi connectivity index (χ4v) is 4.30. The van der Waals surface area contributed by atoms with Gasteiger partial charge < -0.3 is 10.1 Å². The lowest BCUT2D eigenvalue weighted by molar-refractivity contribution is -0.124. The largest absolute Gasteiger partial charge is 0.481 e. The van der Waals surface area contributed by atoms with E-state index in [9.17, 15) is 4.79 Å². The van der Waals surface area contributed by atoms with Crippen molar-refractivity contribution in [1.29, 1.82) is 0 Å². The second kappa shape index (κ2) is 6.34. The number of hydrogen-bond acceptors (Lipinski definition) is 3. The fraction of sp³-hybridized carbons (Fsp3) is 0.625. The molecule has 0 aromatic carbocycles. The van der Waals surface area contributed by atoms with Crippen molar-refractivity contribution >= 4 is 21.8 Å². The van der Waals surface area contributed by atoms with Crippen LogP contribution in [-0.2, 0) is 4.79 Å². The zero-order chi connectivity index (χ0) is 14.8. The molecule has 114 valence electrons. The molecule has 1 aromatic heterocycles. The van der Waals surface area contributed by atoms with Crippen molar-refractivity contribution in [2.45, 2.75) is 38.6 Å². The van der Waals surface area contributed by atoms with Crippen LogP contribution in [-0.4, -0.2) is 23.5 Å². The summed E-state index contributed by atoms with van der Waals surface area (Å²) in [6.45, 7) is 2.17. The van der Waals surface area contributed by atoms with Gasteiger partial charge in [-0.15, -0.1) is 0 Å². The number of carbonyl (C=O) groups excluding carboxylic acids is 1. The first-order chi connectivity index (χ1) is 10.1. The summed E-state index contributed by atoms with van der Waals surface area (Å²) in [7, 11) is 0. The Morgan fingerprint density at radius 2 is 2.38 bits per heavy atom. The van der Waals surface area contributed by atoms with E-state index in [0.29, 0.717) is 16.3 Å². The highest BCUT2D eigenvalue weighted by molar-refractivity contribution is 9.10. The van der Waals surface area contributed by atoms with E-state index in [2.05, 4.69) is 33.2 Å². The minimum absolute atomic E-state index is 0.0372. The number of halogens is 1. The van der Waals surface area contributed by atoms with Gasteiger partial charge in [0.1, 0.15) is 4.60 Å². The molecular formula is C16H21BrN2O2. The van der Waals surface area contributed by atoms with Crippen molar-refractivity contribution in [3.63, 3.8) is 0 Å². The van der Waals surface area contributed by atoms with Gasteiger partial charge in [0.2, 0.25) is 0 Å². The lowest BCUT2D eigenvalue weighted by Crippen LogP contribution is -2.42. The van der Waals surface area contributed by atoms with Crippen molar-refractivity contribution in [3.8, 4) is 5.75 Å². The highest BCUT2D eigenvalue weighted by Gasteiger charge is 2.42. The fourth-order valence-electron chi connectivity index (χ4n) is 3.93. The van der Waals surface area contributed by atoms with Gasteiger partial charge in [-0.05, 0) is 72.0 Å². The van der Waals surface area contributed by atoms with Crippen LogP contribution in [0.5, 0.6) is 5.75 Å². The van der Waals surface area contributed by atoms with Crippen molar-refractivity contribution in [3.05, 3.63) is 22.9 Å². The molecule has 5 heteroatoms. The molecule has 4 nitrogen and oxygen atoms in total. The van der Waals surface area contributed by atoms with Gasteiger partial charge in [0, 0.05) is 12.2 Å². The monoisotopic (exact) mass is 352 g/mol. The van der Waals surface area contributed by atoms with Crippen LogP contribution in [0.25, 0.3) is 0 Å². The third-order valence-corrected chi connectivity index (χ3v) is 5.50. The zero-order valence-corrected chi connectivity index (χ0v) is 13.8. The quantitative estimate of drug-likeness (QED) is 0.828. The molecule has 1 aromatic rings. The van der Waals surface area contributed by atoms with Crippen molar-refractivity contribution < 1.29 is 9.53 Å². The molecule has 2 fully saturated rings. The minimum Gasteiger partial charge on any atom is -0.481 e. The molecule has 1 heterocycles. The molecule has 0 radical (unpaired) electrons. The van der Waals surface area contributed by atoms with Gasteiger partial charge in [0.25, 0.3) is 5.91 Å². The van der Waals surface area contributed by atoms with Crippen LogP contribution in [0.2, 0.25) is 0 Å². The number of nitrogens with zero attached hydrogens (tertiary/aromatic N) is 1. The Hall–Kier alpha value is -1.10. The van der Waals surface area contributed by atoms with E-state index >= 15 is 0 Å². The first-order valence-electron chi connectivity index (χ1n) is 7.66. The Bertz CT molecular complexity index is 523. The zero-order valence-electron chi connectivity index (χ0n) is 12.2. The number of carbonyl (C=O) groups is 1. The van der Waals surface area contributed by atoms with Crippen molar-refractivity contribution in [2.24, 2.45) is 17.8 Å². The number of amides is 1. The van der Waals surface area contributed by atoms with Gasteiger partial charge >= 0.3 is 0 Å². The average Bonchev–Trinajstić information content (AvgIpc) is 3.09. The first-order valence-corrected chi connectivity index (χ1v) is 8.45. The van der Waals surface area contributed by atoms with Crippen LogP contribution in [0.1, 0.15) is 32.6 Å². The summed E-state index contributed by atoms with van der Waals surface area (Å²) in [4.78, 5) is 16.1. The van der Waals surface area contributed by atoms with Gasteiger partial charge in [0.15, 0.2) is 12.4 Å². The van der Waals surface area contributed by atoms with Gasteiger partial charge in [-0.25, -0.2) is 4.98 Å². The molecule has 1 amide bonds. The van der Waals surface area contributed by atoms with Crippen molar-refractivity contribution in [1.82, 2.24) is 10.3 Å². The van der Waals surface area contributed by atoms with Crippen LogP contribution in [0.15, 0.2) is 22.9 Å². The van der Waals surface area contributed by atoms with E-state index in [4.69, 9.17) is 4.74 Å². The summed E-state index contributed by atoms with van der Waals surface area (Å²) in [6, 6.07) is 3.83. The van der Waals surface area contributed by atoms with Crippen LogP contribution >= 0.6 is 15.9 Å². The summed E-state index contributed by atoms with van der Waals surface area (Å²) in [5.74, 6) is 2.92. The third kappa shape index (κ3) is 3.39. The second-order valence-electron chi connectivity index (χ2n) is 6.28. The first kappa shape index (κ1) is 14.8. The summed E-state index contributed by atoms with van der Waals surface area (Å²) >= 11 is 3.31. The lowest BCUT2D eigenvalue weighted by atomic mass is 9.84. The molecule has 0 spiro atoms. The number of pyridine rings is 1. The lowest BCUT2D eigenvalue weighted by Gasteiger charge is -2.28. The number of fused-ring (bicyclic) bond motifs is 2. The third-order valence-electron chi connectivity index (χ3n) is 4.91. The Balaban J connectivity index is 1.47. The summed E-state index contributed by atoms with van der Waals surface area (Å²) in [5.41, 5.74) is 0. The molecule has 2 bridgehead atoms. The Morgan fingerprint density at radius 1 is 1.52 bits per heavy atom. The summed E-state index contributed by atoms with van der Waals surface area (Å²) < 4.78 is 6.13. The van der Waals surface area contributed by atoms with Crippen LogP contribution < -0.4 is 10.1 Å². The Morgan fingerprint density at radius 3 is 3.05 bits per heavy atom. The molecule has 0 aliphatic heterocycles. The average molecular weight is 353 g/mol. The SMILES string of the molecule is C[C@@H](NC(=O)COc1cccnc1Br)[C@@H]1C[C@H]2CC[C@H]1C2. The van der Waals surface area contributed by atoms with Crippen LogP contribution in [0.4, 0.5) is 0 Å². The van der Waals surface area contributed by atoms with Gasteiger partial charge in [-0.2, -0.15) is 0 Å². The van der Waals surface area contributed by atoms with Gasteiger partial charge in [0.05, 0.1) is 0 Å². The standard InChI is InChI=1S/C16H21BrN2O2/c1-10(13-8-11-4-5-12(13)7-11)19-15(20)9-21-14-3-2-6-18-16(14)17/h2-3,6,10-13H,4-5,7-9H2,1H3,(H,19,20)/t10-,11+,12+,13+/m1/s1. The van der Waals surface area contributed by atoms with Gasteiger partial charge in [-0.1, -0.05) is 6.42 Å². The molecule has 2 aliphatic carbocycles. The molecule has 0 saturated heterocycles. The number of rotatable bonds is 5. The Kier molecular flexibility index (Phi) is 4.48.